The molecule has 1 aromatic rings. The summed E-state index contributed by atoms with van der Waals surface area (Å²) >= 11 is 0. The van der Waals surface area contributed by atoms with E-state index in [1.807, 2.05) is 19.1 Å². The van der Waals surface area contributed by atoms with Gasteiger partial charge in [-0.15, -0.1) is 0 Å². The zero-order valence-corrected chi connectivity index (χ0v) is 9.83. The van der Waals surface area contributed by atoms with Gasteiger partial charge >= 0.3 is 0 Å². The smallest absolute Gasteiger partial charge is 0.120 e. The molecule has 15 heavy (non-hydrogen) atoms. The zero-order chi connectivity index (χ0) is 11.4. The lowest BCUT2D eigenvalue weighted by molar-refractivity contribution is 0.448. The molecule has 1 atom stereocenters. The molecule has 0 aliphatic heterocycles. The molecule has 0 unspecified atom stereocenters. The summed E-state index contributed by atoms with van der Waals surface area (Å²) in [6.07, 6.45) is 2.02. The summed E-state index contributed by atoms with van der Waals surface area (Å²) in [5, 5.41) is 9.75. The van der Waals surface area contributed by atoms with Crippen molar-refractivity contribution in [2.75, 3.05) is 0 Å². The van der Waals surface area contributed by atoms with Gasteiger partial charge in [-0.2, -0.15) is 0 Å². The van der Waals surface area contributed by atoms with E-state index in [0.717, 1.165) is 24.0 Å². The molecule has 0 saturated carbocycles. The topological polar surface area (TPSA) is 46.2 Å². The van der Waals surface area contributed by atoms with Gasteiger partial charge in [-0.1, -0.05) is 26.0 Å². The summed E-state index contributed by atoms with van der Waals surface area (Å²) in [5.74, 6) is 0.981. The van der Waals surface area contributed by atoms with Crippen molar-refractivity contribution in [3.63, 3.8) is 0 Å². The number of benzene rings is 1. The SMILES string of the molecule is Cc1ccc([C@@H](N)CCC(C)C)c(O)c1. The van der Waals surface area contributed by atoms with Crippen molar-refractivity contribution in [3.8, 4) is 5.75 Å². The third kappa shape index (κ3) is 3.56. The average molecular weight is 207 g/mol. The highest BCUT2D eigenvalue weighted by Crippen LogP contribution is 2.27. The van der Waals surface area contributed by atoms with Gasteiger partial charge in [0, 0.05) is 11.6 Å². The van der Waals surface area contributed by atoms with Crippen LogP contribution < -0.4 is 5.73 Å². The predicted molar refractivity (Wildman–Crippen MR) is 63.8 cm³/mol. The quantitative estimate of drug-likeness (QED) is 0.796. The standard InChI is InChI=1S/C13H21NO/c1-9(2)4-7-12(14)11-6-5-10(3)8-13(11)15/h5-6,8-9,12,15H,4,7,14H2,1-3H3/t12-/m0/s1. The second-order valence-electron chi connectivity index (χ2n) is 4.64. The summed E-state index contributed by atoms with van der Waals surface area (Å²) in [7, 11) is 0. The van der Waals surface area contributed by atoms with Crippen molar-refractivity contribution in [2.45, 2.75) is 39.7 Å². The molecule has 0 aromatic heterocycles. The molecule has 0 radical (unpaired) electrons. The number of rotatable bonds is 4. The molecule has 0 spiro atoms. The van der Waals surface area contributed by atoms with E-state index in [9.17, 15) is 5.11 Å². The molecule has 0 fully saturated rings. The fraction of sp³-hybridized carbons (Fsp3) is 0.538. The first-order valence-corrected chi connectivity index (χ1v) is 5.55. The van der Waals surface area contributed by atoms with Gasteiger partial charge in [-0.25, -0.2) is 0 Å². The first-order valence-electron chi connectivity index (χ1n) is 5.55. The van der Waals surface area contributed by atoms with E-state index >= 15 is 0 Å². The number of phenols is 1. The van der Waals surface area contributed by atoms with Gasteiger partial charge < -0.3 is 10.8 Å². The highest BCUT2D eigenvalue weighted by atomic mass is 16.3. The molecular formula is C13H21NO. The van der Waals surface area contributed by atoms with Gasteiger partial charge in [-0.05, 0) is 37.3 Å². The Bertz CT molecular complexity index is 320. The molecule has 0 aliphatic carbocycles. The molecule has 1 rings (SSSR count). The first-order chi connectivity index (χ1) is 7.00. The average Bonchev–Trinajstić information content (AvgIpc) is 2.14. The van der Waals surface area contributed by atoms with E-state index in [-0.39, 0.29) is 6.04 Å². The number of aryl methyl sites for hydroxylation is 1. The fourth-order valence-corrected chi connectivity index (χ4v) is 1.64. The maximum atomic E-state index is 9.75. The van der Waals surface area contributed by atoms with Crippen molar-refractivity contribution >= 4 is 0 Å². The van der Waals surface area contributed by atoms with Gasteiger partial charge in [0.2, 0.25) is 0 Å². The maximum absolute atomic E-state index is 9.75. The number of phenolic OH excluding ortho intramolecular Hbond substituents is 1. The largest absolute Gasteiger partial charge is 0.508 e. The van der Waals surface area contributed by atoms with E-state index in [1.165, 1.54) is 0 Å². The van der Waals surface area contributed by atoms with Gasteiger partial charge in [0.1, 0.15) is 5.75 Å². The van der Waals surface area contributed by atoms with Crippen LogP contribution >= 0.6 is 0 Å². The monoisotopic (exact) mass is 207 g/mol. The minimum atomic E-state index is -0.0481. The Morgan fingerprint density at radius 3 is 2.47 bits per heavy atom. The van der Waals surface area contributed by atoms with Crippen LogP contribution in [-0.2, 0) is 0 Å². The zero-order valence-electron chi connectivity index (χ0n) is 9.83. The Hall–Kier alpha value is -1.02. The van der Waals surface area contributed by atoms with Crippen LogP contribution in [0.4, 0.5) is 0 Å². The predicted octanol–water partition coefficient (Wildman–Crippen LogP) is 3.14. The summed E-state index contributed by atoms with van der Waals surface area (Å²) in [6, 6.07) is 5.64. The fourth-order valence-electron chi connectivity index (χ4n) is 1.64. The lowest BCUT2D eigenvalue weighted by Crippen LogP contribution is -2.11. The number of hydrogen-bond donors (Lipinski definition) is 2. The number of hydrogen-bond acceptors (Lipinski definition) is 2. The Morgan fingerprint density at radius 1 is 1.27 bits per heavy atom. The van der Waals surface area contributed by atoms with Gasteiger partial charge in [0.05, 0.1) is 0 Å². The second kappa shape index (κ2) is 5.17. The number of aromatic hydroxyl groups is 1. The molecular weight excluding hydrogens is 186 g/mol. The van der Waals surface area contributed by atoms with E-state index < -0.39 is 0 Å². The lowest BCUT2D eigenvalue weighted by atomic mass is 9.97. The minimum absolute atomic E-state index is 0.0481. The molecule has 1 aromatic carbocycles. The third-order valence-corrected chi connectivity index (χ3v) is 2.64. The van der Waals surface area contributed by atoms with Crippen molar-refractivity contribution in [1.29, 1.82) is 0 Å². The van der Waals surface area contributed by atoms with Crippen LogP contribution in [0, 0.1) is 12.8 Å². The summed E-state index contributed by atoms with van der Waals surface area (Å²) in [5.41, 5.74) is 7.96. The van der Waals surface area contributed by atoms with Crippen molar-refractivity contribution in [3.05, 3.63) is 29.3 Å². The lowest BCUT2D eigenvalue weighted by Gasteiger charge is -2.15. The van der Waals surface area contributed by atoms with Crippen molar-refractivity contribution in [1.82, 2.24) is 0 Å². The third-order valence-electron chi connectivity index (χ3n) is 2.64. The Balaban J connectivity index is 2.69. The highest BCUT2D eigenvalue weighted by Gasteiger charge is 2.11. The molecule has 0 bridgehead atoms. The van der Waals surface area contributed by atoms with E-state index in [0.29, 0.717) is 11.7 Å². The molecule has 3 N–H and O–H groups in total. The molecule has 0 amide bonds. The second-order valence-corrected chi connectivity index (χ2v) is 4.64. The number of nitrogens with two attached hydrogens (primary N) is 1. The maximum Gasteiger partial charge on any atom is 0.120 e. The van der Waals surface area contributed by atoms with Crippen molar-refractivity contribution in [2.24, 2.45) is 11.7 Å². The minimum Gasteiger partial charge on any atom is -0.508 e. The molecule has 2 heteroatoms. The van der Waals surface area contributed by atoms with Crippen LogP contribution in [-0.4, -0.2) is 5.11 Å². The Morgan fingerprint density at radius 2 is 1.93 bits per heavy atom. The molecule has 84 valence electrons. The highest BCUT2D eigenvalue weighted by molar-refractivity contribution is 5.37. The normalized spacial score (nSPS) is 13.1. The van der Waals surface area contributed by atoms with Crippen LogP contribution in [0.25, 0.3) is 0 Å². The molecule has 0 saturated heterocycles. The van der Waals surface area contributed by atoms with E-state index in [2.05, 4.69) is 13.8 Å². The Labute approximate surface area is 92.1 Å². The van der Waals surface area contributed by atoms with Gasteiger partial charge in [-0.3, -0.25) is 0 Å². The summed E-state index contributed by atoms with van der Waals surface area (Å²) < 4.78 is 0. The molecule has 2 nitrogen and oxygen atoms in total. The van der Waals surface area contributed by atoms with Gasteiger partial charge in [0.25, 0.3) is 0 Å². The van der Waals surface area contributed by atoms with Crippen LogP contribution in [0.5, 0.6) is 5.75 Å². The first kappa shape index (κ1) is 12.1. The van der Waals surface area contributed by atoms with Crippen LogP contribution in [0.1, 0.15) is 43.9 Å². The summed E-state index contributed by atoms with van der Waals surface area (Å²) in [6.45, 7) is 6.33. The van der Waals surface area contributed by atoms with Gasteiger partial charge in [0.15, 0.2) is 0 Å². The van der Waals surface area contributed by atoms with Crippen LogP contribution in [0.3, 0.4) is 0 Å². The Kier molecular flexibility index (Phi) is 4.15. The van der Waals surface area contributed by atoms with E-state index in [4.69, 9.17) is 5.73 Å². The van der Waals surface area contributed by atoms with Crippen LogP contribution in [0.15, 0.2) is 18.2 Å². The molecule has 0 aliphatic rings. The van der Waals surface area contributed by atoms with E-state index in [1.54, 1.807) is 6.07 Å². The molecule has 0 heterocycles. The van der Waals surface area contributed by atoms with Crippen molar-refractivity contribution < 1.29 is 5.11 Å². The summed E-state index contributed by atoms with van der Waals surface area (Å²) in [4.78, 5) is 0. The van der Waals surface area contributed by atoms with Crippen LogP contribution in [0.2, 0.25) is 0 Å².